The maximum Gasteiger partial charge on any atom is 0.224 e. The maximum absolute atomic E-state index is 5.99. The van der Waals surface area contributed by atoms with Crippen molar-refractivity contribution in [3.8, 4) is 17.4 Å². The van der Waals surface area contributed by atoms with Gasteiger partial charge in [0, 0.05) is 24.6 Å². The molecule has 1 aliphatic heterocycles. The van der Waals surface area contributed by atoms with Crippen LogP contribution in [-0.2, 0) is 6.42 Å². The van der Waals surface area contributed by atoms with Crippen molar-refractivity contribution in [2.24, 2.45) is 0 Å². The molecular weight excluding hydrogens is 266 g/mol. The number of hydrogen-bond acceptors (Lipinski definition) is 5. The molecule has 1 aromatic heterocycles. The van der Waals surface area contributed by atoms with E-state index in [1.807, 2.05) is 19.1 Å². The molecule has 0 atom stereocenters. The SMILES string of the molecule is CCNc1cc(Oc2cccc3c2OC(C)(C)C3)ncn1. The van der Waals surface area contributed by atoms with Crippen LogP contribution in [0, 0.1) is 0 Å². The quantitative estimate of drug-likeness (QED) is 0.933. The molecule has 0 spiro atoms. The fourth-order valence-electron chi connectivity index (χ4n) is 2.45. The smallest absolute Gasteiger partial charge is 0.224 e. The third kappa shape index (κ3) is 2.91. The maximum atomic E-state index is 5.99. The van der Waals surface area contributed by atoms with Crippen molar-refractivity contribution in [1.29, 1.82) is 0 Å². The Labute approximate surface area is 124 Å². The molecule has 3 rings (SSSR count). The Bertz CT molecular complexity index is 656. The summed E-state index contributed by atoms with van der Waals surface area (Å²) >= 11 is 0. The number of rotatable bonds is 4. The number of fused-ring (bicyclic) bond motifs is 1. The summed E-state index contributed by atoms with van der Waals surface area (Å²) < 4.78 is 11.9. The average Bonchev–Trinajstić information content (AvgIpc) is 2.75. The molecule has 2 aromatic rings. The number of para-hydroxylation sites is 1. The van der Waals surface area contributed by atoms with Gasteiger partial charge in [-0.1, -0.05) is 12.1 Å². The molecule has 1 N–H and O–H groups in total. The summed E-state index contributed by atoms with van der Waals surface area (Å²) in [5.41, 5.74) is 0.973. The molecule has 110 valence electrons. The zero-order chi connectivity index (χ0) is 14.9. The molecule has 2 heterocycles. The van der Waals surface area contributed by atoms with Gasteiger partial charge in [0.15, 0.2) is 11.5 Å². The average molecular weight is 285 g/mol. The summed E-state index contributed by atoms with van der Waals surface area (Å²) in [5.74, 6) is 2.75. The van der Waals surface area contributed by atoms with Crippen LogP contribution in [0.2, 0.25) is 0 Å². The molecule has 5 nitrogen and oxygen atoms in total. The van der Waals surface area contributed by atoms with E-state index in [9.17, 15) is 0 Å². The minimum atomic E-state index is -0.192. The summed E-state index contributed by atoms with van der Waals surface area (Å²) in [6, 6.07) is 7.73. The standard InChI is InChI=1S/C16H19N3O2/c1-4-17-13-8-14(19-10-18-13)20-12-7-5-6-11-9-16(2,3)21-15(11)12/h5-8,10H,4,9H2,1-3H3,(H,17,18,19). The second kappa shape index (κ2) is 5.24. The Kier molecular flexibility index (Phi) is 3.41. The Morgan fingerprint density at radius 3 is 3.00 bits per heavy atom. The van der Waals surface area contributed by atoms with Gasteiger partial charge in [-0.05, 0) is 26.8 Å². The van der Waals surface area contributed by atoms with Gasteiger partial charge in [0.05, 0.1) is 0 Å². The highest BCUT2D eigenvalue weighted by Crippen LogP contribution is 2.43. The van der Waals surface area contributed by atoms with E-state index >= 15 is 0 Å². The Hall–Kier alpha value is -2.30. The van der Waals surface area contributed by atoms with E-state index in [1.165, 1.54) is 11.9 Å². The Morgan fingerprint density at radius 2 is 2.19 bits per heavy atom. The van der Waals surface area contributed by atoms with E-state index in [-0.39, 0.29) is 5.60 Å². The van der Waals surface area contributed by atoms with E-state index in [0.717, 1.165) is 24.5 Å². The van der Waals surface area contributed by atoms with Crippen LogP contribution in [0.25, 0.3) is 0 Å². The second-order valence-electron chi connectivity index (χ2n) is 5.66. The highest BCUT2D eigenvalue weighted by molar-refractivity contribution is 5.51. The Morgan fingerprint density at radius 1 is 1.33 bits per heavy atom. The molecule has 0 aliphatic carbocycles. The van der Waals surface area contributed by atoms with E-state index in [4.69, 9.17) is 9.47 Å². The lowest BCUT2D eigenvalue weighted by Crippen LogP contribution is -2.24. The largest absolute Gasteiger partial charge is 0.483 e. The van der Waals surface area contributed by atoms with Crippen molar-refractivity contribution in [3.05, 3.63) is 36.2 Å². The topological polar surface area (TPSA) is 56.3 Å². The van der Waals surface area contributed by atoms with Crippen molar-refractivity contribution in [1.82, 2.24) is 9.97 Å². The zero-order valence-electron chi connectivity index (χ0n) is 12.5. The van der Waals surface area contributed by atoms with Crippen molar-refractivity contribution >= 4 is 5.82 Å². The van der Waals surface area contributed by atoms with E-state index in [2.05, 4.69) is 35.2 Å². The van der Waals surface area contributed by atoms with Crippen molar-refractivity contribution < 1.29 is 9.47 Å². The van der Waals surface area contributed by atoms with Crippen LogP contribution in [0.4, 0.5) is 5.82 Å². The number of aromatic nitrogens is 2. The third-order valence-corrected chi connectivity index (χ3v) is 3.27. The van der Waals surface area contributed by atoms with Crippen LogP contribution in [0.1, 0.15) is 26.3 Å². The molecule has 0 unspecified atom stereocenters. The monoisotopic (exact) mass is 285 g/mol. The van der Waals surface area contributed by atoms with Gasteiger partial charge in [0.2, 0.25) is 5.88 Å². The first-order chi connectivity index (χ1) is 10.1. The molecular formula is C16H19N3O2. The molecule has 0 saturated carbocycles. The normalized spacial score (nSPS) is 15.2. The minimum Gasteiger partial charge on any atom is -0.483 e. The van der Waals surface area contributed by atoms with Gasteiger partial charge < -0.3 is 14.8 Å². The lowest BCUT2D eigenvalue weighted by molar-refractivity contribution is 0.135. The van der Waals surface area contributed by atoms with Crippen LogP contribution in [0.5, 0.6) is 17.4 Å². The number of nitrogens with zero attached hydrogens (tertiary/aromatic N) is 2. The predicted molar refractivity (Wildman–Crippen MR) is 81.1 cm³/mol. The summed E-state index contributed by atoms with van der Waals surface area (Å²) in [6.07, 6.45) is 2.37. The molecule has 1 aliphatic rings. The number of hydrogen-bond donors (Lipinski definition) is 1. The van der Waals surface area contributed by atoms with Crippen molar-refractivity contribution in [2.75, 3.05) is 11.9 Å². The predicted octanol–water partition coefficient (Wildman–Crippen LogP) is 3.41. The molecule has 0 bridgehead atoms. The molecule has 21 heavy (non-hydrogen) atoms. The first-order valence-corrected chi connectivity index (χ1v) is 7.12. The van der Waals surface area contributed by atoms with Crippen LogP contribution < -0.4 is 14.8 Å². The second-order valence-corrected chi connectivity index (χ2v) is 5.66. The third-order valence-electron chi connectivity index (χ3n) is 3.27. The van der Waals surface area contributed by atoms with Crippen LogP contribution in [0.15, 0.2) is 30.6 Å². The minimum absolute atomic E-state index is 0.192. The lowest BCUT2D eigenvalue weighted by Gasteiger charge is -2.18. The molecule has 1 aromatic carbocycles. The first kappa shape index (κ1) is 13.7. The van der Waals surface area contributed by atoms with Gasteiger partial charge >= 0.3 is 0 Å². The van der Waals surface area contributed by atoms with Crippen LogP contribution in [-0.4, -0.2) is 22.1 Å². The van der Waals surface area contributed by atoms with Gasteiger partial charge in [-0.15, -0.1) is 0 Å². The van der Waals surface area contributed by atoms with E-state index in [1.54, 1.807) is 6.07 Å². The van der Waals surface area contributed by atoms with Crippen molar-refractivity contribution in [3.63, 3.8) is 0 Å². The van der Waals surface area contributed by atoms with E-state index in [0.29, 0.717) is 11.6 Å². The van der Waals surface area contributed by atoms with Crippen molar-refractivity contribution in [2.45, 2.75) is 32.8 Å². The van der Waals surface area contributed by atoms with Gasteiger partial charge in [0.25, 0.3) is 0 Å². The summed E-state index contributed by atoms with van der Waals surface area (Å²) in [7, 11) is 0. The molecule has 0 radical (unpaired) electrons. The number of nitrogens with one attached hydrogen (secondary N) is 1. The summed E-state index contributed by atoms with van der Waals surface area (Å²) in [6.45, 7) is 6.96. The highest BCUT2D eigenvalue weighted by atomic mass is 16.5. The van der Waals surface area contributed by atoms with Gasteiger partial charge in [-0.3, -0.25) is 0 Å². The molecule has 0 saturated heterocycles. The molecule has 0 amide bonds. The summed E-state index contributed by atoms with van der Waals surface area (Å²) in [4.78, 5) is 8.28. The van der Waals surface area contributed by atoms with E-state index < -0.39 is 0 Å². The van der Waals surface area contributed by atoms with Crippen LogP contribution in [0.3, 0.4) is 0 Å². The number of anilines is 1. The highest BCUT2D eigenvalue weighted by Gasteiger charge is 2.32. The number of benzene rings is 1. The zero-order valence-corrected chi connectivity index (χ0v) is 12.5. The van der Waals surface area contributed by atoms with Gasteiger partial charge in [-0.2, -0.15) is 0 Å². The van der Waals surface area contributed by atoms with Crippen LogP contribution >= 0.6 is 0 Å². The fraction of sp³-hybridized carbons (Fsp3) is 0.375. The Balaban J connectivity index is 1.87. The van der Waals surface area contributed by atoms with Gasteiger partial charge in [0.1, 0.15) is 17.7 Å². The summed E-state index contributed by atoms with van der Waals surface area (Å²) in [5, 5.41) is 3.14. The first-order valence-electron chi connectivity index (χ1n) is 7.12. The lowest BCUT2D eigenvalue weighted by atomic mass is 10.0. The fourth-order valence-corrected chi connectivity index (χ4v) is 2.45. The molecule has 0 fully saturated rings. The number of ether oxygens (including phenoxy) is 2. The molecule has 5 heteroatoms. The van der Waals surface area contributed by atoms with Gasteiger partial charge in [-0.25, -0.2) is 9.97 Å².